The van der Waals surface area contributed by atoms with E-state index >= 15 is 0 Å². The SMILES string of the molecule is COc1cccc(CN(C[C@@H](O)Cc2ccccc2)C[C@H]2CC(c3ccccc3F)=NO2)c1. The number of methoxy groups -OCH3 is 1. The number of aliphatic hydroxyl groups excluding tert-OH is 1. The Morgan fingerprint density at radius 3 is 2.61 bits per heavy atom. The summed E-state index contributed by atoms with van der Waals surface area (Å²) in [5.41, 5.74) is 3.26. The number of benzene rings is 3. The van der Waals surface area contributed by atoms with Crippen molar-refractivity contribution in [2.24, 2.45) is 5.16 Å². The first-order valence-corrected chi connectivity index (χ1v) is 11.2. The predicted molar refractivity (Wildman–Crippen MR) is 127 cm³/mol. The Bertz CT molecular complexity index is 1070. The van der Waals surface area contributed by atoms with Gasteiger partial charge in [-0.05, 0) is 35.7 Å². The molecule has 6 heteroatoms. The fraction of sp³-hybridized carbons (Fsp3) is 0.296. The fourth-order valence-corrected chi connectivity index (χ4v) is 4.15. The van der Waals surface area contributed by atoms with Crippen LogP contribution in [0.5, 0.6) is 5.75 Å². The van der Waals surface area contributed by atoms with E-state index < -0.39 is 6.10 Å². The average molecular weight is 449 g/mol. The van der Waals surface area contributed by atoms with Crippen molar-refractivity contribution in [3.63, 3.8) is 0 Å². The Kier molecular flexibility index (Phi) is 7.70. The molecule has 0 radical (unpaired) electrons. The van der Waals surface area contributed by atoms with E-state index in [2.05, 4.69) is 10.1 Å². The van der Waals surface area contributed by atoms with Crippen LogP contribution in [0.25, 0.3) is 0 Å². The van der Waals surface area contributed by atoms with Gasteiger partial charge in [0, 0.05) is 31.6 Å². The summed E-state index contributed by atoms with van der Waals surface area (Å²) < 4.78 is 19.5. The maximum Gasteiger partial charge on any atom is 0.145 e. The van der Waals surface area contributed by atoms with Gasteiger partial charge in [0.2, 0.25) is 0 Å². The van der Waals surface area contributed by atoms with Crippen molar-refractivity contribution in [3.05, 3.63) is 101 Å². The first kappa shape index (κ1) is 23.0. The van der Waals surface area contributed by atoms with E-state index in [1.165, 1.54) is 6.07 Å². The van der Waals surface area contributed by atoms with Crippen LogP contribution in [-0.2, 0) is 17.8 Å². The van der Waals surface area contributed by atoms with Crippen LogP contribution in [-0.4, -0.2) is 48.1 Å². The molecular weight excluding hydrogens is 419 g/mol. The smallest absolute Gasteiger partial charge is 0.145 e. The molecule has 1 aliphatic rings. The molecule has 0 saturated carbocycles. The zero-order chi connectivity index (χ0) is 23.0. The van der Waals surface area contributed by atoms with E-state index in [0.29, 0.717) is 43.8 Å². The first-order chi connectivity index (χ1) is 16.1. The van der Waals surface area contributed by atoms with E-state index in [1.807, 2.05) is 54.6 Å². The van der Waals surface area contributed by atoms with E-state index in [4.69, 9.17) is 9.57 Å². The van der Waals surface area contributed by atoms with Gasteiger partial charge in [0.1, 0.15) is 17.7 Å². The second-order valence-corrected chi connectivity index (χ2v) is 8.34. The molecule has 4 rings (SSSR count). The van der Waals surface area contributed by atoms with E-state index in [-0.39, 0.29) is 11.9 Å². The maximum absolute atomic E-state index is 14.2. The molecule has 0 unspecified atom stereocenters. The standard InChI is InChI=1S/C27H29FN2O3/c1-32-23-11-7-10-21(15-23)17-30(18-22(31)14-20-8-3-2-4-9-20)19-24-16-27(29-33-24)25-12-5-6-13-26(25)28/h2-13,15,22,24,31H,14,16-19H2,1H3/t22-,24+/m0/s1. The molecule has 2 atom stereocenters. The largest absolute Gasteiger partial charge is 0.497 e. The number of ether oxygens (including phenoxy) is 1. The zero-order valence-electron chi connectivity index (χ0n) is 18.7. The summed E-state index contributed by atoms with van der Waals surface area (Å²) in [6, 6.07) is 24.5. The second-order valence-electron chi connectivity index (χ2n) is 8.34. The van der Waals surface area contributed by atoms with Crippen LogP contribution in [0.3, 0.4) is 0 Å². The van der Waals surface area contributed by atoms with Gasteiger partial charge in [-0.1, -0.05) is 65.8 Å². The molecule has 0 spiro atoms. The Morgan fingerprint density at radius 2 is 1.82 bits per heavy atom. The molecule has 0 aliphatic carbocycles. The van der Waals surface area contributed by atoms with Crippen LogP contribution in [0, 0.1) is 5.82 Å². The summed E-state index contributed by atoms with van der Waals surface area (Å²) in [6.07, 6.45) is 0.336. The molecule has 33 heavy (non-hydrogen) atoms. The highest BCUT2D eigenvalue weighted by molar-refractivity contribution is 6.01. The minimum atomic E-state index is -0.536. The van der Waals surface area contributed by atoms with Gasteiger partial charge in [-0.2, -0.15) is 0 Å². The van der Waals surface area contributed by atoms with Crippen LogP contribution in [0.1, 0.15) is 23.1 Å². The number of rotatable bonds is 10. The molecule has 1 heterocycles. The zero-order valence-corrected chi connectivity index (χ0v) is 18.7. The number of aliphatic hydroxyl groups is 1. The van der Waals surface area contributed by atoms with Crippen molar-refractivity contribution in [3.8, 4) is 5.75 Å². The summed E-state index contributed by atoms with van der Waals surface area (Å²) in [5, 5.41) is 15.0. The lowest BCUT2D eigenvalue weighted by molar-refractivity contribution is 0.0322. The molecule has 0 saturated heterocycles. The van der Waals surface area contributed by atoms with Crippen molar-refractivity contribution < 1.29 is 19.1 Å². The third-order valence-electron chi connectivity index (χ3n) is 5.70. The van der Waals surface area contributed by atoms with E-state index in [9.17, 15) is 9.50 Å². The van der Waals surface area contributed by atoms with Gasteiger partial charge in [0.15, 0.2) is 0 Å². The van der Waals surface area contributed by atoms with Gasteiger partial charge in [-0.15, -0.1) is 0 Å². The number of nitrogens with zero attached hydrogens (tertiary/aromatic N) is 2. The molecule has 3 aromatic carbocycles. The predicted octanol–water partition coefficient (Wildman–Crippen LogP) is 4.43. The van der Waals surface area contributed by atoms with Gasteiger partial charge in [-0.3, -0.25) is 4.90 Å². The van der Waals surface area contributed by atoms with Gasteiger partial charge in [-0.25, -0.2) is 4.39 Å². The van der Waals surface area contributed by atoms with Crippen molar-refractivity contribution in [2.75, 3.05) is 20.2 Å². The quantitative estimate of drug-likeness (QED) is 0.499. The topological polar surface area (TPSA) is 54.3 Å². The van der Waals surface area contributed by atoms with Crippen LogP contribution in [0.4, 0.5) is 4.39 Å². The minimum absolute atomic E-state index is 0.214. The molecule has 0 bridgehead atoms. The van der Waals surface area contributed by atoms with E-state index in [0.717, 1.165) is 16.9 Å². The monoisotopic (exact) mass is 448 g/mol. The number of hydrogen-bond donors (Lipinski definition) is 1. The third kappa shape index (κ3) is 6.40. The lowest BCUT2D eigenvalue weighted by Gasteiger charge is -2.27. The van der Waals surface area contributed by atoms with E-state index in [1.54, 1.807) is 25.3 Å². The lowest BCUT2D eigenvalue weighted by Crippen LogP contribution is -2.38. The Labute approximate surface area is 194 Å². The Balaban J connectivity index is 1.43. The van der Waals surface area contributed by atoms with Crippen molar-refractivity contribution >= 4 is 5.71 Å². The van der Waals surface area contributed by atoms with Crippen LogP contribution >= 0.6 is 0 Å². The normalized spacial score (nSPS) is 16.4. The molecule has 0 fully saturated rings. The molecule has 5 nitrogen and oxygen atoms in total. The third-order valence-corrected chi connectivity index (χ3v) is 5.70. The molecule has 1 N–H and O–H groups in total. The summed E-state index contributed by atoms with van der Waals surface area (Å²) >= 11 is 0. The van der Waals surface area contributed by atoms with Crippen molar-refractivity contribution in [1.82, 2.24) is 4.90 Å². The van der Waals surface area contributed by atoms with Crippen molar-refractivity contribution in [1.29, 1.82) is 0 Å². The van der Waals surface area contributed by atoms with Gasteiger partial charge < -0.3 is 14.7 Å². The highest BCUT2D eigenvalue weighted by Crippen LogP contribution is 2.21. The summed E-state index contributed by atoms with van der Waals surface area (Å²) in [7, 11) is 1.65. The summed E-state index contributed by atoms with van der Waals surface area (Å²) in [4.78, 5) is 7.82. The van der Waals surface area contributed by atoms with Crippen molar-refractivity contribution in [2.45, 2.75) is 31.6 Å². The molecule has 0 amide bonds. The number of halogens is 1. The Morgan fingerprint density at radius 1 is 1.06 bits per heavy atom. The van der Waals surface area contributed by atoms with Crippen LogP contribution in [0.15, 0.2) is 84.0 Å². The number of hydrogen-bond acceptors (Lipinski definition) is 5. The average Bonchev–Trinajstić information content (AvgIpc) is 3.28. The highest BCUT2D eigenvalue weighted by Gasteiger charge is 2.27. The molecule has 3 aromatic rings. The van der Waals surface area contributed by atoms with Crippen LogP contribution < -0.4 is 4.74 Å². The molecule has 172 valence electrons. The summed E-state index contributed by atoms with van der Waals surface area (Å²) in [6.45, 7) is 1.66. The second kappa shape index (κ2) is 11.1. The first-order valence-electron chi connectivity index (χ1n) is 11.2. The Hall–Kier alpha value is -3.22. The fourth-order valence-electron chi connectivity index (χ4n) is 4.15. The van der Waals surface area contributed by atoms with Gasteiger partial charge in [0.25, 0.3) is 0 Å². The molecule has 1 aliphatic heterocycles. The maximum atomic E-state index is 14.2. The molecular formula is C27H29FN2O3. The minimum Gasteiger partial charge on any atom is -0.497 e. The number of oxime groups is 1. The van der Waals surface area contributed by atoms with Gasteiger partial charge >= 0.3 is 0 Å². The van der Waals surface area contributed by atoms with Crippen LogP contribution in [0.2, 0.25) is 0 Å². The highest BCUT2D eigenvalue weighted by atomic mass is 19.1. The lowest BCUT2D eigenvalue weighted by atomic mass is 10.0. The summed E-state index contributed by atoms with van der Waals surface area (Å²) in [5.74, 6) is 0.492. The molecule has 0 aromatic heterocycles. The van der Waals surface area contributed by atoms with Gasteiger partial charge in [0.05, 0.1) is 18.9 Å².